The zero-order chi connectivity index (χ0) is 8.48. The second-order valence-electron chi connectivity index (χ2n) is 2.13. The third-order valence-corrected chi connectivity index (χ3v) is 2.16. The Morgan fingerprint density at radius 2 is 1.73 bits per heavy atom. The number of hydrogen-bond acceptors (Lipinski definition) is 3. The van der Waals surface area contributed by atoms with Gasteiger partial charge in [-0.15, -0.1) is 0 Å². The molecule has 0 N–H and O–H groups in total. The number of hydrogen-bond donors (Lipinski definition) is 0. The number of pyridine rings is 1. The van der Waals surface area contributed by atoms with E-state index in [2.05, 4.69) is 0 Å². The minimum absolute atomic E-state index is 0.204. The van der Waals surface area contributed by atoms with Crippen molar-refractivity contribution in [2.75, 3.05) is 6.26 Å². The fourth-order valence-electron chi connectivity index (χ4n) is 0.620. The van der Waals surface area contributed by atoms with Crippen molar-refractivity contribution in [3.63, 3.8) is 0 Å². The molecule has 60 valence electrons. The van der Waals surface area contributed by atoms with E-state index in [1.165, 1.54) is 24.5 Å². The molecule has 0 amide bonds. The van der Waals surface area contributed by atoms with E-state index in [1.54, 1.807) is 0 Å². The average molecular weight is 173 g/mol. The summed E-state index contributed by atoms with van der Waals surface area (Å²) in [7, 11) is -3.24. The molecule has 0 aromatic carbocycles. The first-order valence-electron chi connectivity index (χ1n) is 2.89. The first-order valence-corrected chi connectivity index (χ1v) is 4.74. The van der Waals surface area contributed by atoms with Crippen molar-refractivity contribution < 1.29 is 8.42 Å². The van der Waals surface area contributed by atoms with Crippen LogP contribution in [0.5, 0.6) is 0 Å². The average Bonchev–Trinajstić information content (AvgIpc) is 1.86. The van der Waals surface area contributed by atoms with Crippen LogP contribution in [0.3, 0.4) is 0 Å². The van der Waals surface area contributed by atoms with Crippen LogP contribution in [0.1, 0.15) is 0 Å². The summed E-state index contributed by atoms with van der Waals surface area (Å²) < 4.78 is 22.6. The first kappa shape index (κ1) is 8.00. The molecular formula is C6H7NO3S. The van der Waals surface area contributed by atoms with Crippen LogP contribution >= 0.6 is 0 Å². The van der Waals surface area contributed by atoms with E-state index in [9.17, 15) is 13.2 Å². The van der Waals surface area contributed by atoms with Gasteiger partial charge in [-0.2, -0.15) is 0 Å². The molecule has 0 aliphatic rings. The minimum atomic E-state index is -3.24. The summed E-state index contributed by atoms with van der Waals surface area (Å²) in [6.07, 6.45) is 3.51. The van der Waals surface area contributed by atoms with Crippen LogP contribution in [-0.4, -0.2) is 18.6 Å². The molecule has 5 heteroatoms. The lowest BCUT2D eigenvalue weighted by molar-refractivity contribution is 0.593. The van der Waals surface area contributed by atoms with Crippen LogP contribution in [0.15, 0.2) is 29.3 Å². The van der Waals surface area contributed by atoms with Crippen LogP contribution in [0.2, 0.25) is 0 Å². The van der Waals surface area contributed by atoms with E-state index >= 15 is 0 Å². The fourth-order valence-corrected chi connectivity index (χ4v) is 1.18. The summed E-state index contributed by atoms with van der Waals surface area (Å²) in [5, 5.41) is 0. The first-order chi connectivity index (χ1) is 5.00. The minimum Gasteiger partial charge on any atom is -0.290 e. The molecule has 1 aromatic rings. The maximum absolute atomic E-state index is 10.8. The van der Waals surface area contributed by atoms with Crippen molar-refractivity contribution in [2.45, 2.75) is 0 Å². The van der Waals surface area contributed by atoms with Crippen LogP contribution in [0, 0.1) is 0 Å². The smallest absolute Gasteiger partial charge is 0.235 e. The van der Waals surface area contributed by atoms with E-state index in [0.29, 0.717) is 0 Å². The third kappa shape index (κ3) is 1.91. The quantitative estimate of drug-likeness (QED) is 0.583. The van der Waals surface area contributed by atoms with Crippen LogP contribution < -0.4 is 5.43 Å². The molecule has 0 saturated carbocycles. The van der Waals surface area contributed by atoms with Crippen LogP contribution in [0.4, 0.5) is 0 Å². The Hall–Kier alpha value is -1.10. The zero-order valence-electron chi connectivity index (χ0n) is 5.89. The Labute approximate surface area is 64.1 Å². The van der Waals surface area contributed by atoms with Crippen molar-refractivity contribution in [3.8, 4) is 0 Å². The fraction of sp³-hybridized carbons (Fsp3) is 0.167. The SMILES string of the molecule is CS(=O)(=O)n1ccc(=O)cc1. The Morgan fingerprint density at radius 1 is 1.27 bits per heavy atom. The van der Waals surface area contributed by atoms with Gasteiger partial charge in [0.15, 0.2) is 5.43 Å². The van der Waals surface area contributed by atoms with E-state index in [1.807, 2.05) is 0 Å². The van der Waals surface area contributed by atoms with Gasteiger partial charge in [-0.1, -0.05) is 0 Å². The summed E-state index contributed by atoms with van der Waals surface area (Å²) >= 11 is 0. The third-order valence-electron chi connectivity index (χ3n) is 1.15. The van der Waals surface area contributed by atoms with Crippen molar-refractivity contribution in [2.24, 2.45) is 0 Å². The Balaban J connectivity index is 3.31. The van der Waals surface area contributed by atoms with E-state index in [-0.39, 0.29) is 5.43 Å². The summed E-state index contributed by atoms with van der Waals surface area (Å²) in [5.74, 6) is 0. The highest BCUT2D eigenvalue weighted by molar-refractivity contribution is 7.89. The Kier molecular flexibility index (Phi) is 1.82. The second kappa shape index (κ2) is 2.50. The van der Waals surface area contributed by atoms with Crippen molar-refractivity contribution >= 4 is 10.0 Å². The van der Waals surface area contributed by atoms with Gasteiger partial charge in [-0.05, 0) is 0 Å². The van der Waals surface area contributed by atoms with Gasteiger partial charge in [0.25, 0.3) is 0 Å². The molecule has 0 aliphatic heterocycles. The van der Waals surface area contributed by atoms with Crippen LogP contribution in [0.25, 0.3) is 0 Å². The highest BCUT2D eigenvalue weighted by atomic mass is 32.2. The lowest BCUT2D eigenvalue weighted by Crippen LogP contribution is -2.11. The van der Waals surface area contributed by atoms with Gasteiger partial charge >= 0.3 is 0 Å². The van der Waals surface area contributed by atoms with Gasteiger partial charge in [0.1, 0.15) is 0 Å². The topological polar surface area (TPSA) is 56.1 Å². The molecule has 11 heavy (non-hydrogen) atoms. The Morgan fingerprint density at radius 3 is 2.09 bits per heavy atom. The Bertz CT molecular complexity index is 384. The van der Waals surface area contributed by atoms with Crippen molar-refractivity contribution in [1.29, 1.82) is 0 Å². The molecule has 0 bridgehead atoms. The van der Waals surface area contributed by atoms with E-state index < -0.39 is 10.0 Å². The van der Waals surface area contributed by atoms with Gasteiger partial charge in [-0.25, -0.2) is 8.42 Å². The molecule has 0 unspecified atom stereocenters. The summed E-state index contributed by atoms with van der Waals surface area (Å²) in [6, 6.07) is 2.39. The lowest BCUT2D eigenvalue weighted by atomic mass is 10.5. The molecule has 0 spiro atoms. The maximum Gasteiger partial charge on any atom is 0.235 e. The summed E-state index contributed by atoms with van der Waals surface area (Å²) in [4.78, 5) is 10.5. The molecule has 1 heterocycles. The van der Waals surface area contributed by atoms with Crippen molar-refractivity contribution in [1.82, 2.24) is 3.97 Å². The highest BCUT2D eigenvalue weighted by Gasteiger charge is 2.00. The molecule has 1 aromatic heterocycles. The van der Waals surface area contributed by atoms with Gasteiger partial charge in [0, 0.05) is 24.5 Å². The number of aromatic nitrogens is 1. The predicted molar refractivity (Wildman–Crippen MR) is 40.9 cm³/mol. The molecule has 0 atom stereocenters. The second-order valence-corrected chi connectivity index (χ2v) is 4.01. The molecule has 4 nitrogen and oxygen atoms in total. The van der Waals surface area contributed by atoms with Gasteiger partial charge in [0.05, 0.1) is 6.26 Å². The van der Waals surface area contributed by atoms with E-state index in [0.717, 1.165) is 10.2 Å². The van der Waals surface area contributed by atoms with Gasteiger partial charge < -0.3 is 0 Å². The zero-order valence-corrected chi connectivity index (χ0v) is 6.71. The standard InChI is InChI=1S/C6H7NO3S/c1-11(9,10)7-4-2-6(8)3-5-7/h2-5H,1H3. The van der Waals surface area contributed by atoms with E-state index in [4.69, 9.17) is 0 Å². The number of rotatable bonds is 1. The monoisotopic (exact) mass is 173 g/mol. The normalized spacial score (nSPS) is 11.4. The molecular weight excluding hydrogens is 166 g/mol. The summed E-state index contributed by atoms with van der Waals surface area (Å²) in [5.41, 5.74) is -0.204. The predicted octanol–water partition coefficient (Wildman–Crippen LogP) is -0.344. The molecule has 0 saturated heterocycles. The van der Waals surface area contributed by atoms with Gasteiger partial charge in [0.2, 0.25) is 10.0 Å². The molecule has 0 radical (unpaired) electrons. The lowest BCUT2D eigenvalue weighted by Gasteiger charge is -1.99. The van der Waals surface area contributed by atoms with Crippen LogP contribution in [-0.2, 0) is 10.0 Å². The van der Waals surface area contributed by atoms with Crippen molar-refractivity contribution in [3.05, 3.63) is 34.7 Å². The molecule has 0 fully saturated rings. The number of nitrogens with zero attached hydrogens (tertiary/aromatic N) is 1. The largest absolute Gasteiger partial charge is 0.290 e. The van der Waals surface area contributed by atoms with Gasteiger partial charge in [-0.3, -0.25) is 8.77 Å². The molecule has 1 rings (SSSR count). The molecule has 0 aliphatic carbocycles. The summed E-state index contributed by atoms with van der Waals surface area (Å²) in [6.45, 7) is 0. The maximum atomic E-state index is 10.8. The highest BCUT2D eigenvalue weighted by Crippen LogP contribution is 1.89.